The largest absolute Gasteiger partial charge is 0.384 e. The fourth-order valence-electron chi connectivity index (χ4n) is 3.13. The second kappa shape index (κ2) is 5.20. The number of hydrogen-bond acceptors (Lipinski definition) is 2. The first-order valence-electron chi connectivity index (χ1n) is 7.51. The second-order valence-electron chi connectivity index (χ2n) is 5.40. The van der Waals surface area contributed by atoms with E-state index in [1.54, 1.807) is 0 Å². The third-order valence-corrected chi connectivity index (χ3v) is 3.97. The van der Waals surface area contributed by atoms with Gasteiger partial charge in [0, 0.05) is 23.3 Å². The lowest BCUT2D eigenvalue weighted by Crippen LogP contribution is -2.04. The standard InChI is InChI=1S/C17H22N2/c1-3-6-12-9-10-16-14(11-12)17(18-4-2)13-7-5-8-15(13)19-16/h9-11H,3-8H2,1-2H3,(H,18,19). The zero-order valence-corrected chi connectivity index (χ0v) is 11.9. The summed E-state index contributed by atoms with van der Waals surface area (Å²) in [6, 6.07) is 6.76. The van der Waals surface area contributed by atoms with Crippen molar-refractivity contribution < 1.29 is 0 Å². The monoisotopic (exact) mass is 254 g/mol. The van der Waals surface area contributed by atoms with Gasteiger partial charge in [0.25, 0.3) is 0 Å². The van der Waals surface area contributed by atoms with Crippen LogP contribution in [-0.4, -0.2) is 11.5 Å². The highest BCUT2D eigenvalue weighted by Gasteiger charge is 2.19. The van der Waals surface area contributed by atoms with Crippen LogP contribution >= 0.6 is 0 Å². The van der Waals surface area contributed by atoms with Crippen LogP contribution in [0.1, 0.15) is 43.5 Å². The summed E-state index contributed by atoms with van der Waals surface area (Å²) >= 11 is 0. The number of benzene rings is 1. The maximum Gasteiger partial charge on any atom is 0.0726 e. The van der Waals surface area contributed by atoms with Crippen molar-refractivity contribution in [2.75, 3.05) is 11.9 Å². The zero-order valence-electron chi connectivity index (χ0n) is 11.9. The Morgan fingerprint density at radius 3 is 2.89 bits per heavy atom. The Bertz CT molecular complexity index is 602. The van der Waals surface area contributed by atoms with E-state index >= 15 is 0 Å². The molecule has 3 rings (SSSR count). The molecule has 2 aromatic rings. The van der Waals surface area contributed by atoms with Crippen LogP contribution < -0.4 is 5.32 Å². The Labute approximate surface area is 115 Å². The number of nitrogens with one attached hydrogen (secondary N) is 1. The van der Waals surface area contributed by atoms with Gasteiger partial charge in [0.15, 0.2) is 0 Å². The molecule has 1 aromatic heterocycles. The molecule has 1 aliphatic rings. The highest BCUT2D eigenvalue weighted by atomic mass is 14.9. The fraction of sp³-hybridized carbons (Fsp3) is 0.471. The Hall–Kier alpha value is -1.57. The van der Waals surface area contributed by atoms with E-state index in [4.69, 9.17) is 4.98 Å². The lowest BCUT2D eigenvalue weighted by Gasteiger charge is -2.14. The molecule has 1 aliphatic carbocycles. The Balaban J connectivity index is 2.20. The molecule has 1 N–H and O–H groups in total. The van der Waals surface area contributed by atoms with E-state index in [1.165, 1.54) is 47.2 Å². The summed E-state index contributed by atoms with van der Waals surface area (Å²) in [7, 11) is 0. The number of aryl methyl sites for hydroxylation is 2. The van der Waals surface area contributed by atoms with Gasteiger partial charge in [-0.1, -0.05) is 19.4 Å². The molecule has 1 heterocycles. The van der Waals surface area contributed by atoms with Crippen molar-refractivity contribution in [1.82, 2.24) is 4.98 Å². The first kappa shape index (κ1) is 12.5. The van der Waals surface area contributed by atoms with Gasteiger partial charge in [-0.25, -0.2) is 0 Å². The number of anilines is 1. The van der Waals surface area contributed by atoms with Crippen LogP contribution in [0.3, 0.4) is 0 Å². The molecule has 100 valence electrons. The van der Waals surface area contributed by atoms with Gasteiger partial charge in [0.2, 0.25) is 0 Å². The summed E-state index contributed by atoms with van der Waals surface area (Å²) in [5.41, 5.74) is 6.69. The van der Waals surface area contributed by atoms with Crippen LogP contribution in [0.15, 0.2) is 18.2 Å². The summed E-state index contributed by atoms with van der Waals surface area (Å²) < 4.78 is 0. The van der Waals surface area contributed by atoms with Gasteiger partial charge in [-0.15, -0.1) is 0 Å². The summed E-state index contributed by atoms with van der Waals surface area (Å²) in [5.74, 6) is 0. The average Bonchev–Trinajstić information content (AvgIpc) is 2.87. The topological polar surface area (TPSA) is 24.9 Å². The third kappa shape index (κ3) is 2.20. The summed E-state index contributed by atoms with van der Waals surface area (Å²) in [4.78, 5) is 4.86. The maximum absolute atomic E-state index is 4.86. The van der Waals surface area contributed by atoms with E-state index in [2.05, 4.69) is 37.4 Å². The molecule has 0 amide bonds. The maximum atomic E-state index is 4.86. The normalized spacial score (nSPS) is 13.8. The van der Waals surface area contributed by atoms with E-state index < -0.39 is 0 Å². The van der Waals surface area contributed by atoms with Gasteiger partial charge in [0.05, 0.1) is 5.52 Å². The fourth-order valence-corrected chi connectivity index (χ4v) is 3.13. The number of aromatic nitrogens is 1. The molecule has 0 spiro atoms. The van der Waals surface area contributed by atoms with Crippen molar-refractivity contribution in [3.8, 4) is 0 Å². The van der Waals surface area contributed by atoms with Gasteiger partial charge in [-0.2, -0.15) is 0 Å². The SMILES string of the molecule is CCCc1ccc2nc3c(c(NCC)c2c1)CCC3. The Morgan fingerprint density at radius 1 is 1.21 bits per heavy atom. The first-order valence-corrected chi connectivity index (χ1v) is 7.51. The molecular formula is C17H22N2. The van der Waals surface area contributed by atoms with Crippen LogP contribution in [0, 0.1) is 0 Å². The van der Waals surface area contributed by atoms with Crippen LogP contribution in [0.4, 0.5) is 5.69 Å². The second-order valence-corrected chi connectivity index (χ2v) is 5.40. The minimum absolute atomic E-state index is 0.976. The molecule has 1 aromatic carbocycles. The number of nitrogens with zero attached hydrogens (tertiary/aromatic N) is 1. The van der Waals surface area contributed by atoms with Crippen molar-refractivity contribution in [3.63, 3.8) is 0 Å². The molecule has 0 fully saturated rings. The molecule has 0 atom stereocenters. The molecule has 0 bridgehead atoms. The molecule has 0 radical (unpaired) electrons. The van der Waals surface area contributed by atoms with E-state index in [-0.39, 0.29) is 0 Å². The molecule has 19 heavy (non-hydrogen) atoms. The van der Waals surface area contributed by atoms with Gasteiger partial charge in [0.1, 0.15) is 0 Å². The predicted octanol–water partition coefficient (Wildman–Crippen LogP) is 4.11. The summed E-state index contributed by atoms with van der Waals surface area (Å²) in [6.07, 6.45) is 5.91. The lowest BCUT2D eigenvalue weighted by atomic mass is 10.0. The van der Waals surface area contributed by atoms with Crippen LogP contribution in [0.25, 0.3) is 10.9 Å². The molecule has 0 unspecified atom stereocenters. The summed E-state index contributed by atoms with van der Waals surface area (Å²) in [6.45, 7) is 5.38. The quantitative estimate of drug-likeness (QED) is 0.888. The van der Waals surface area contributed by atoms with Gasteiger partial charge in [-0.3, -0.25) is 4.98 Å². The van der Waals surface area contributed by atoms with Crippen molar-refractivity contribution in [3.05, 3.63) is 35.0 Å². The van der Waals surface area contributed by atoms with E-state index in [0.29, 0.717) is 0 Å². The zero-order chi connectivity index (χ0) is 13.2. The van der Waals surface area contributed by atoms with Crippen molar-refractivity contribution in [1.29, 1.82) is 0 Å². The average molecular weight is 254 g/mol. The molecule has 2 heteroatoms. The minimum atomic E-state index is 0.976. The number of rotatable bonds is 4. The predicted molar refractivity (Wildman–Crippen MR) is 81.9 cm³/mol. The Morgan fingerprint density at radius 2 is 2.11 bits per heavy atom. The number of hydrogen-bond donors (Lipinski definition) is 1. The molecule has 2 nitrogen and oxygen atoms in total. The van der Waals surface area contributed by atoms with Crippen LogP contribution in [0.5, 0.6) is 0 Å². The van der Waals surface area contributed by atoms with E-state index in [9.17, 15) is 0 Å². The summed E-state index contributed by atoms with van der Waals surface area (Å²) in [5, 5.41) is 4.89. The van der Waals surface area contributed by atoms with E-state index in [1.807, 2.05) is 0 Å². The van der Waals surface area contributed by atoms with Crippen molar-refractivity contribution >= 4 is 16.6 Å². The van der Waals surface area contributed by atoms with Gasteiger partial charge in [-0.05, 0) is 55.9 Å². The number of fused-ring (bicyclic) bond motifs is 2. The lowest BCUT2D eigenvalue weighted by molar-refractivity contribution is 0.901. The Kier molecular flexibility index (Phi) is 3.41. The van der Waals surface area contributed by atoms with Crippen LogP contribution in [0.2, 0.25) is 0 Å². The van der Waals surface area contributed by atoms with Gasteiger partial charge >= 0.3 is 0 Å². The highest BCUT2D eigenvalue weighted by molar-refractivity contribution is 5.94. The first-order chi connectivity index (χ1) is 9.33. The highest BCUT2D eigenvalue weighted by Crippen LogP contribution is 2.34. The van der Waals surface area contributed by atoms with E-state index in [0.717, 1.165) is 24.9 Å². The minimum Gasteiger partial charge on any atom is -0.384 e. The van der Waals surface area contributed by atoms with Gasteiger partial charge < -0.3 is 5.32 Å². The third-order valence-electron chi connectivity index (χ3n) is 3.97. The molecule has 0 saturated heterocycles. The molecule has 0 aliphatic heterocycles. The van der Waals surface area contributed by atoms with Crippen molar-refractivity contribution in [2.45, 2.75) is 46.0 Å². The molecule has 0 saturated carbocycles. The molecular weight excluding hydrogens is 232 g/mol. The van der Waals surface area contributed by atoms with Crippen molar-refractivity contribution in [2.24, 2.45) is 0 Å². The smallest absolute Gasteiger partial charge is 0.0726 e. The van der Waals surface area contributed by atoms with Crippen LogP contribution in [-0.2, 0) is 19.3 Å². The number of pyridine rings is 1.